The molecule has 0 unspecified atom stereocenters. The predicted octanol–water partition coefficient (Wildman–Crippen LogP) is 0.0700. The summed E-state index contributed by atoms with van der Waals surface area (Å²) < 4.78 is 0. The summed E-state index contributed by atoms with van der Waals surface area (Å²) in [5, 5.41) is 8.19. The van der Waals surface area contributed by atoms with E-state index in [1.807, 2.05) is 0 Å². The Morgan fingerprint density at radius 3 is 2.50 bits per heavy atom. The van der Waals surface area contributed by atoms with Gasteiger partial charge in [-0.15, -0.1) is 0 Å². The Labute approximate surface area is 52.8 Å². The topological polar surface area (TPSA) is 49.7 Å². The molecule has 46 valence electrons. The number of carboxylic acids is 1. The number of carbonyl (C=O) groups is 1. The van der Waals surface area contributed by atoms with Gasteiger partial charge in [-0.25, -0.2) is 4.79 Å². The average molecular weight is 133 g/mol. The van der Waals surface area contributed by atoms with Crippen LogP contribution in [0.2, 0.25) is 0 Å². The van der Waals surface area contributed by atoms with E-state index in [4.69, 9.17) is 5.11 Å². The van der Waals surface area contributed by atoms with E-state index in [1.165, 1.54) is 0 Å². The van der Waals surface area contributed by atoms with Gasteiger partial charge in [-0.1, -0.05) is 0 Å². The number of aliphatic carboxylic acids is 1. The van der Waals surface area contributed by atoms with Gasteiger partial charge in [0.15, 0.2) is 6.04 Å². The Hall–Kier alpha value is -0.510. The van der Waals surface area contributed by atoms with Crippen LogP contribution in [0.25, 0.3) is 0 Å². The maximum absolute atomic E-state index is 9.98. The second-order valence-electron chi connectivity index (χ2n) is 1.22. The number of rotatable bonds is 3. The fraction of sp³-hybridized carbons (Fsp3) is 0.500. The fourth-order valence-electron chi connectivity index (χ4n) is 0.214. The fourth-order valence-corrected chi connectivity index (χ4v) is 0.486. The van der Waals surface area contributed by atoms with Gasteiger partial charge in [0.05, 0.1) is 0 Å². The van der Waals surface area contributed by atoms with Crippen molar-refractivity contribution < 1.29 is 9.90 Å². The molecule has 0 saturated carbocycles. The molecule has 4 heteroatoms. The van der Waals surface area contributed by atoms with Crippen molar-refractivity contribution in [3.8, 4) is 0 Å². The minimum Gasteiger partial charge on any atom is -0.480 e. The van der Waals surface area contributed by atoms with Crippen LogP contribution in [-0.4, -0.2) is 29.6 Å². The van der Waals surface area contributed by atoms with E-state index >= 15 is 0 Å². The van der Waals surface area contributed by atoms with Crippen LogP contribution in [0.5, 0.6) is 0 Å². The van der Waals surface area contributed by atoms with Crippen LogP contribution in [0.4, 0.5) is 0 Å². The maximum atomic E-state index is 9.98. The van der Waals surface area contributed by atoms with Crippen molar-refractivity contribution in [3.05, 3.63) is 0 Å². The molecular formula is C4H7NO2S. The molecule has 1 atom stereocenters. The SMILES string of the molecule is C=N[C@H](CS)C(=O)O. The van der Waals surface area contributed by atoms with Gasteiger partial charge in [0.2, 0.25) is 0 Å². The normalized spacial score (nSPS) is 12.6. The van der Waals surface area contributed by atoms with Gasteiger partial charge < -0.3 is 5.11 Å². The summed E-state index contributed by atoms with van der Waals surface area (Å²) in [5.74, 6) is -0.770. The number of thiol groups is 1. The molecule has 0 aliphatic carbocycles. The molecule has 0 aliphatic rings. The third kappa shape index (κ3) is 1.97. The molecule has 0 aliphatic heterocycles. The third-order valence-electron chi connectivity index (χ3n) is 0.678. The predicted molar refractivity (Wildman–Crippen MR) is 34.8 cm³/mol. The molecule has 0 bridgehead atoms. The first-order chi connectivity index (χ1) is 3.72. The molecule has 0 saturated heterocycles. The number of nitrogens with zero attached hydrogens (tertiary/aromatic N) is 1. The molecule has 3 nitrogen and oxygen atoms in total. The number of aliphatic imine (C=N–C) groups is 1. The van der Waals surface area contributed by atoms with E-state index in [2.05, 4.69) is 24.3 Å². The Kier molecular flexibility index (Phi) is 3.26. The lowest BCUT2D eigenvalue weighted by Crippen LogP contribution is -2.18. The Balaban J connectivity index is 3.69. The molecule has 0 fully saturated rings. The van der Waals surface area contributed by atoms with Crippen molar-refractivity contribution in [2.24, 2.45) is 4.99 Å². The van der Waals surface area contributed by atoms with Crippen LogP contribution in [0, 0.1) is 0 Å². The lowest BCUT2D eigenvalue weighted by molar-refractivity contribution is -0.137. The van der Waals surface area contributed by atoms with Crippen molar-refractivity contribution in [2.45, 2.75) is 6.04 Å². The minimum absolute atomic E-state index is 0.207. The summed E-state index contributed by atoms with van der Waals surface area (Å²) in [6.45, 7) is 3.07. The molecule has 0 amide bonds. The van der Waals surface area contributed by atoms with Gasteiger partial charge in [0.25, 0.3) is 0 Å². The molecule has 0 aromatic heterocycles. The standard InChI is InChI=1S/C4H7NO2S/c1-5-3(2-8)4(6)7/h3,8H,1-2H2,(H,6,7)/t3-/m1/s1. The lowest BCUT2D eigenvalue weighted by Gasteiger charge is -1.98. The molecule has 0 heterocycles. The summed E-state index contributed by atoms with van der Waals surface area (Å²) in [5.41, 5.74) is 0. The Morgan fingerprint density at radius 2 is 2.50 bits per heavy atom. The quantitative estimate of drug-likeness (QED) is 0.423. The van der Waals surface area contributed by atoms with E-state index in [-0.39, 0.29) is 5.75 Å². The number of hydrogen-bond donors (Lipinski definition) is 2. The monoisotopic (exact) mass is 133 g/mol. The summed E-state index contributed by atoms with van der Waals surface area (Å²) in [6, 6.07) is -0.752. The minimum atomic E-state index is -0.977. The summed E-state index contributed by atoms with van der Waals surface area (Å²) in [7, 11) is 0. The van der Waals surface area contributed by atoms with Crippen molar-refractivity contribution in [1.29, 1.82) is 0 Å². The van der Waals surface area contributed by atoms with Crippen LogP contribution in [-0.2, 0) is 4.79 Å². The summed E-state index contributed by atoms with van der Waals surface area (Å²) >= 11 is 3.72. The van der Waals surface area contributed by atoms with Crippen molar-refractivity contribution in [3.63, 3.8) is 0 Å². The lowest BCUT2D eigenvalue weighted by atomic mass is 10.4. The van der Waals surface area contributed by atoms with Crippen molar-refractivity contribution in [1.82, 2.24) is 0 Å². The smallest absolute Gasteiger partial charge is 0.329 e. The first kappa shape index (κ1) is 7.49. The van der Waals surface area contributed by atoms with Crippen molar-refractivity contribution in [2.75, 3.05) is 5.75 Å². The zero-order chi connectivity index (χ0) is 6.57. The maximum Gasteiger partial charge on any atom is 0.329 e. The van der Waals surface area contributed by atoms with Crippen LogP contribution < -0.4 is 0 Å². The molecule has 1 N–H and O–H groups in total. The average Bonchev–Trinajstić information content (AvgIpc) is 1.69. The van der Waals surface area contributed by atoms with Gasteiger partial charge in [-0.2, -0.15) is 12.6 Å². The second kappa shape index (κ2) is 3.49. The molecular weight excluding hydrogens is 126 g/mol. The van der Waals surface area contributed by atoms with Crippen LogP contribution >= 0.6 is 12.6 Å². The van der Waals surface area contributed by atoms with Gasteiger partial charge >= 0.3 is 5.97 Å². The second-order valence-corrected chi connectivity index (χ2v) is 1.58. The van der Waals surface area contributed by atoms with Crippen LogP contribution in [0.3, 0.4) is 0 Å². The molecule has 8 heavy (non-hydrogen) atoms. The van der Waals surface area contributed by atoms with Gasteiger partial charge in [-0.3, -0.25) is 4.99 Å². The molecule has 0 aromatic carbocycles. The van der Waals surface area contributed by atoms with E-state index in [1.54, 1.807) is 0 Å². The zero-order valence-corrected chi connectivity index (χ0v) is 5.14. The van der Waals surface area contributed by atoms with E-state index in [0.29, 0.717) is 0 Å². The van der Waals surface area contributed by atoms with Crippen LogP contribution in [0.1, 0.15) is 0 Å². The highest BCUT2D eigenvalue weighted by Crippen LogP contribution is 1.91. The third-order valence-corrected chi connectivity index (χ3v) is 1.02. The number of hydrogen-bond acceptors (Lipinski definition) is 3. The summed E-state index contributed by atoms with van der Waals surface area (Å²) in [6.07, 6.45) is 0. The zero-order valence-electron chi connectivity index (χ0n) is 4.24. The van der Waals surface area contributed by atoms with Crippen molar-refractivity contribution >= 4 is 25.3 Å². The first-order valence-electron chi connectivity index (χ1n) is 2.02. The van der Waals surface area contributed by atoms with E-state index < -0.39 is 12.0 Å². The largest absolute Gasteiger partial charge is 0.480 e. The molecule has 0 spiro atoms. The molecule has 0 rings (SSSR count). The van der Waals surface area contributed by atoms with Crippen LogP contribution in [0.15, 0.2) is 4.99 Å². The number of carboxylic acid groups (broad SMARTS) is 1. The Morgan fingerprint density at radius 1 is 2.00 bits per heavy atom. The molecule has 0 radical (unpaired) electrons. The Bertz CT molecular complexity index is 104. The van der Waals surface area contributed by atoms with E-state index in [9.17, 15) is 4.79 Å². The highest BCUT2D eigenvalue weighted by atomic mass is 32.1. The highest BCUT2D eigenvalue weighted by Gasteiger charge is 2.10. The summed E-state index contributed by atoms with van der Waals surface area (Å²) in [4.78, 5) is 13.3. The van der Waals surface area contributed by atoms with Gasteiger partial charge in [0.1, 0.15) is 0 Å². The van der Waals surface area contributed by atoms with Gasteiger partial charge in [-0.05, 0) is 6.72 Å². The molecule has 0 aromatic rings. The first-order valence-corrected chi connectivity index (χ1v) is 2.65. The van der Waals surface area contributed by atoms with E-state index in [0.717, 1.165) is 0 Å². The van der Waals surface area contributed by atoms with Gasteiger partial charge in [0, 0.05) is 5.75 Å². The highest BCUT2D eigenvalue weighted by molar-refractivity contribution is 7.80.